The largest absolute Gasteiger partial charge is 0.456 e. The van der Waals surface area contributed by atoms with Gasteiger partial charge in [-0.25, -0.2) is 4.98 Å². The number of thiazole rings is 1. The molecule has 0 fully saturated rings. The van der Waals surface area contributed by atoms with Crippen LogP contribution in [0.5, 0.6) is 0 Å². The van der Waals surface area contributed by atoms with Gasteiger partial charge in [0.25, 0.3) is 0 Å². The number of furan rings is 1. The van der Waals surface area contributed by atoms with Gasteiger partial charge in [-0.15, -0.1) is 0 Å². The van der Waals surface area contributed by atoms with Crippen LogP contribution in [0.25, 0.3) is 97.7 Å². The van der Waals surface area contributed by atoms with Crippen molar-refractivity contribution in [3.63, 3.8) is 0 Å². The Kier molecular flexibility index (Phi) is 5.23. The Morgan fingerprint density at radius 2 is 1.19 bits per heavy atom. The number of hydrogen-bond donors (Lipinski definition) is 0. The van der Waals surface area contributed by atoms with Crippen LogP contribution in [0.3, 0.4) is 0 Å². The third kappa shape index (κ3) is 3.56. The highest BCUT2D eigenvalue weighted by molar-refractivity contribution is 7.20. The second-order valence-corrected chi connectivity index (χ2v) is 13.4. The minimum Gasteiger partial charge on any atom is -0.456 e. The van der Waals surface area contributed by atoms with Crippen molar-refractivity contribution >= 4 is 87.1 Å². The maximum absolute atomic E-state index is 6.17. The van der Waals surface area contributed by atoms with E-state index >= 15 is 0 Å². The summed E-state index contributed by atoms with van der Waals surface area (Å²) in [7, 11) is 0. The molecule has 0 N–H and O–H groups in total. The van der Waals surface area contributed by atoms with E-state index in [4.69, 9.17) is 9.40 Å². The summed E-state index contributed by atoms with van der Waals surface area (Å²) in [5, 5.41) is 8.18. The predicted molar refractivity (Wildman–Crippen MR) is 201 cm³/mol. The van der Waals surface area contributed by atoms with Crippen molar-refractivity contribution in [3.8, 4) is 21.9 Å². The third-order valence-electron chi connectivity index (χ3n) is 9.77. The molecule has 4 aromatic heterocycles. The van der Waals surface area contributed by atoms with Gasteiger partial charge in [-0.2, -0.15) is 0 Å². The molecule has 0 unspecified atom stereocenters. The van der Waals surface area contributed by atoms with E-state index in [9.17, 15) is 0 Å². The molecule has 0 saturated carbocycles. The van der Waals surface area contributed by atoms with Gasteiger partial charge >= 0.3 is 0 Å². The molecule has 0 aliphatic carbocycles. The lowest BCUT2D eigenvalue weighted by Crippen LogP contribution is -1.93. The lowest BCUT2D eigenvalue weighted by Gasteiger charge is -2.09. The molecule has 7 aromatic carbocycles. The molecule has 5 heteroatoms. The summed E-state index contributed by atoms with van der Waals surface area (Å²) in [6.45, 7) is 0. The quantitative estimate of drug-likeness (QED) is 0.194. The van der Waals surface area contributed by atoms with Crippen LogP contribution in [-0.2, 0) is 0 Å². The van der Waals surface area contributed by atoms with E-state index in [2.05, 4.69) is 149 Å². The van der Waals surface area contributed by atoms with Gasteiger partial charge in [0.15, 0.2) is 5.13 Å². The summed E-state index contributed by atoms with van der Waals surface area (Å²) in [6.07, 6.45) is 0. The SMILES string of the molecule is c1ccc2sc(-n3c4ccccc4c4cc(-c5cccc6c5c5ccccc5n6-c5ccc6oc7ccccc7c6c5)ccc43)nc2c1. The van der Waals surface area contributed by atoms with Crippen molar-refractivity contribution < 1.29 is 4.42 Å². The molecule has 11 rings (SSSR count). The second-order valence-electron chi connectivity index (χ2n) is 12.4. The van der Waals surface area contributed by atoms with Crippen molar-refractivity contribution in [1.82, 2.24) is 14.1 Å². The van der Waals surface area contributed by atoms with Crippen LogP contribution in [0.2, 0.25) is 0 Å². The van der Waals surface area contributed by atoms with E-state index in [0.29, 0.717) is 0 Å². The molecule has 11 aromatic rings. The minimum atomic E-state index is 0.903. The molecule has 0 aliphatic rings. The number of fused-ring (bicyclic) bond motifs is 10. The predicted octanol–water partition coefficient (Wildman–Crippen LogP) is 12.1. The summed E-state index contributed by atoms with van der Waals surface area (Å²) in [6, 6.07) is 54.2. The van der Waals surface area contributed by atoms with Crippen LogP contribution in [-0.4, -0.2) is 14.1 Å². The number of para-hydroxylation sites is 4. The van der Waals surface area contributed by atoms with Crippen LogP contribution in [0.1, 0.15) is 0 Å². The van der Waals surface area contributed by atoms with Gasteiger partial charge in [0.05, 0.1) is 32.3 Å². The fourth-order valence-corrected chi connectivity index (χ4v) is 8.69. The molecular weight excluding hydrogens is 607 g/mol. The Labute approximate surface area is 278 Å². The van der Waals surface area contributed by atoms with Crippen LogP contribution in [0.4, 0.5) is 0 Å². The highest BCUT2D eigenvalue weighted by Crippen LogP contribution is 2.42. The summed E-state index contributed by atoms with van der Waals surface area (Å²) in [5.74, 6) is 0. The topological polar surface area (TPSA) is 35.9 Å². The van der Waals surface area contributed by atoms with Crippen LogP contribution in [0, 0.1) is 0 Å². The molecule has 0 bridgehead atoms. The van der Waals surface area contributed by atoms with Gasteiger partial charge in [0.1, 0.15) is 11.2 Å². The summed E-state index contributed by atoms with van der Waals surface area (Å²) < 4.78 is 12.1. The maximum Gasteiger partial charge on any atom is 0.195 e. The van der Waals surface area contributed by atoms with Gasteiger partial charge in [0.2, 0.25) is 0 Å². The van der Waals surface area contributed by atoms with Gasteiger partial charge in [-0.1, -0.05) is 96.3 Å². The van der Waals surface area contributed by atoms with E-state index in [1.807, 2.05) is 12.1 Å². The maximum atomic E-state index is 6.17. The third-order valence-corrected chi connectivity index (χ3v) is 10.8. The summed E-state index contributed by atoms with van der Waals surface area (Å²) >= 11 is 1.73. The molecule has 4 nitrogen and oxygen atoms in total. The Bertz CT molecular complexity index is 3050. The van der Waals surface area contributed by atoms with E-state index in [1.54, 1.807) is 11.3 Å². The molecule has 0 atom stereocenters. The Balaban J connectivity index is 1.16. The molecular formula is C43H25N3OS. The lowest BCUT2D eigenvalue weighted by atomic mass is 9.98. The molecule has 0 radical (unpaired) electrons. The number of nitrogens with zero attached hydrogens (tertiary/aromatic N) is 3. The van der Waals surface area contributed by atoms with Crippen LogP contribution < -0.4 is 0 Å². The van der Waals surface area contributed by atoms with Crippen molar-refractivity contribution in [2.24, 2.45) is 0 Å². The van der Waals surface area contributed by atoms with Gasteiger partial charge < -0.3 is 8.98 Å². The number of benzene rings is 7. The van der Waals surface area contributed by atoms with Gasteiger partial charge in [0, 0.05) is 38.0 Å². The van der Waals surface area contributed by atoms with Crippen molar-refractivity contribution in [2.45, 2.75) is 0 Å². The molecule has 48 heavy (non-hydrogen) atoms. The van der Waals surface area contributed by atoms with Gasteiger partial charge in [-0.05, 0) is 77.9 Å². The lowest BCUT2D eigenvalue weighted by molar-refractivity contribution is 0.669. The molecule has 0 aliphatic heterocycles. The molecule has 4 heterocycles. The fourth-order valence-electron chi connectivity index (χ4n) is 7.69. The smallest absolute Gasteiger partial charge is 0.195 e. The fraction of sp³-hybridized carbons (Fsp3) is 0. The van der Waals surface area contributed by atoms with Crippen LogP contribution >= 0.6 is 11.3 Å². The van der Waals surface area contributed by atoms with Crippen molar-refractivity contribution in [2.75, 3.05) is 0 Å². The second kappa shape index (κ2) is 9.67. The first-order valence-electron chi connectivity index (χ1n) is 16.1. The van der Waals surface area contributed by atoms with Gasteiger partial charge in [-0.3, -0.25) is 4.57 Å². The first-order chi connectivity index (χ1) is 23.8. The molecule has 224 valence electrons. The van der Waals surface area contributed by atoms with E-state index in [1.165, 1.54) is 53.9 Å². The zero-order chi connectivity index (χ0) is 31.3. The first-order valence-corrected chi connectivity index (χ1v) is 17.0. The molecule has 0 spiro atoms. The molecule has 0 saturated heterocycles. The van der Waals surface area contributed by atoms with Crippen LogP contribution in [0.15, 0.2) is 156 Å². The van der Waals surface area contributed by atoms with E-state index in [0.717, 1.165) is 43.8 Å². The van der Waals surface area contributed by atoms with E-state index < -0.39 is 0 Å². The average Bonchev–Trinajstić information content (AvgIpc) is 3.90. The number of rotatable bonds is 3. The Hall–Kier alpha value is -6.17. The monoisotopic (exact) mass is 631 g/mol. The summed E-state index contributed by atoms with van der Waals surface area (Å²) in [5.41, 5.74) is 11.1. The number of aromatic nitrogens is 3. The standard InChI is InChI=1S/C43H25N3OS/c1-5-15-35-29(10-1)32-24-26(20-22-37(32)46(35)43-44-34-14-4-8-19-41(34)48-43)28-13-9-17-38-42(28)31-12-2-6-16-36(31)45(38)27-21-23-40-33(25-27)30-11-3-7-18-39(30)47-40/h1-25H. The van der Waals surface area contributed by atoms with Crippen molar-refractivity contribution in [1.29, 1.82) is 0 Å². The molecule has 0 amide bonds. The zero-order valence-electron chi connectivity index (χ0n) is 25.6. The average molecular weight is 632 g/mol. The summed E-state index contributed by atoms with van der Waals surface area (Å²) in [4.78, 5) is 5.05. The number of hydrogen-bond acceptors (Lipinski definition) is 3. The normalized spacial score (nSPS) is 12.2. The highest BCUT2D eigenvalue weighted by atomic mass is 32.1. The highest BCUT2D eigenvalue weighted by Gasteiger charge is 2.20. The zero-order valence-corrected chi connectivity index (χ0v) is 26.4. The Morgan fingerprint density at radius 3 is 2.08 bits per heavy atom. The minimum absolute atomic E-state index is 0.903. The van der Waals surface area contributed by atoms with E-state index in [-0.39, 0.29) is 0 Å². The van der Waals surface area contributed by atoms with Crippen molar-refractivity contribution in [3.05, 3.63) is 152 Å². The first kappa shape index (κ1) is 26.0. The Morgan fingerprint density at radius 1 is 0.479 bits per heavy atom.